The molecule has 86 valence electrons. The number of hydrazone groups is 1. The molecule has 0 bridgehead atoms. The number of anilines is 2. The average Bonchev–Trinajstić information content (AvgIpc) is 2.44. The van der Waals surface area contributed by atoms with Crippen molar-refractivity contribution in [2.75, 3.05) is 11.2 Å². The fourth-order valence-corrected chi connectivity index (χ4v) is 0.768. The first-order valence-corrected chi connectivity index (χ1v) is 3.52. The second-order valence-electron chi connectivity index (χ2n) is 2.27. The van der Waals surface area contributed by atoms with Crippen molar-refractivity contribution in [1.82, 2.24) is 14.8 Å². The van der Waals surface area contributed by atoms with Gasteiger partial charge in [0.05, 0.1) is 0 Å². The lowest BCUT2D eigenvalue weighted by Crippen LogP contribution is -2.27. The second-order valence-corrected chi connectivity index (χ2v) is 2.27. The van der Waals surface area contributed by atoms with Crippen molar-refractivity contribution in [3.05, 3.63) is 20.2 Å². The number of hydrogen-bond donors (Lipinski definition) is 3. The van der Waals surface area contributed by atoms with Crippen LogP contribution in [0.4, 0.5) is 11.9 Å². The molecule has 0 amide bonds. The van der Waals surface area contributed by atoms with E-state index in [1.165, 1.54) is 0 Å². The van der Waals surface area contributed by atoms with Crippen LogP contribution in [-0.4, -0.2) is 30.8 Å². The van der Waals surface area contributed by atoms with Gasteiger partial charge in [-0.1, -0.05) is 5.43 Å². The third-order valence-corrected chi connectivity index (χ3v) is 1.22. The number of nitrogens with two attached hydrogens (primary N) is 2. The van der Waals surface area contributed by atoms with Gasteiger partial charge in [0.15, 0.2) is 10.1 Å². The van der Waals surface area contributed by atoms with Crippen molar-refractivity contribution < 1.29 is 10.1 Å². The van der Waals surface area contributed by atoms with Gasteiger partial charge in [-0.25, -0.2) is 20.2 Å². The number of hydrogen-bond acceptors (Lipinski definition) is 7. The van der Waals surface area contributed by atoms with Crippen LogP contribution in [0.3, 0.4) is 0 Å². The van der Waals surface area contributed by atoms with Gasteiger partial charge in [0.1, 0.15) is 5.10 Å². The van der Waals surface area contributed by atoms with Gasteiger partial charge in [0.2, 0.25) is 5.95 Å². The summed E-state index contributed by atoms with van der Waals surface area (Å²) in [6.45, 7) is 0. The predicted octanol–water partition coefficient (Wildman–Crippen LogP) is -2.18. The Kier molecular flexibility index (Phi) is 2.79. The Morgan fingerprint density at radius 1 is 1.50 bits per heavy atom. The average molecular weight is 231 g/mol. The second kappa shape index (κ2) is 4.03. The molecule has 13 heteroatoms. The van der Waals surface area contributed by atoms with Crippen molar-refractivity contribution in [3.63, 3.8) is 0 Å². The normalized spacial score (nSPS) is 11.1. The van der Waals surface area contributed by atoms with Gasteiger partial charge in [0.25, 0.3) is 11.9 Å². The van der Waals surface area contributed by atoms with E-state index in [1.807, 2.05) is 0 Å². The van der Waals surface area contributed by atoms with E-state index in [9.17, 15) is 20.2 Å². The maximum absolute atomic E-state index is 10.1. The van der Waals surface area contributed by atoms with Crippen LogP contribution in [0.1, 0.15) is 0 Å². The van der Waals surface area contributed by atoms with Crippen LogP contribution in [0.2, 0.25) is 0 Å². The van der Waals surface area contributed by atoms with E-state index in [2.05, 4.69) is 15.2 Å². The minimum Gasteiger partial charge on any atom is -0.366 e. The molecule has 0 unspecified atom stereocenters. The summed E-state index contributed by atoms with van der Waals surface area (Å²) in [5.74, 6) is -1.57. The summed E-state index contributed by atoms with van der Waals surface area (Å²) >= 11 is 0. The third kappa shape index (κ3) is 2.50. The Bertz CT molecular complexity index is 461. The molecule has 1 heterocycles. The summed E-state index contributed by atoms with van der Waals surface area (Å²) in [5.41, 5.74) is 11.9. The van der Waals surface area contributed by atoms with Crippen molar-refractivity contribution >= 4 is 17.9 Å². The highest BCUT2D eigenvalue weighted by atomic mass is 16.7. The van der Waals surface area contributed by atoms with Crippen molar-refractivity contribution in [3.8, 4) is 0 Å². The first-order valence-electron chi connectivity index (χ1n) is 3.52. The highest BCUT2D eigenvalue weighted by molar-refractivity contribution is 5.81. The van der Waals surface area contributed by atoms with Crippen molar-refractivity contribution in [2.24, 2.45) is 10.8 Å². The fraction of sp³-hybridized carbons (Fsp3) is 0. The molecule has 0 atom stereocenters. The molecule has 5 N–H and O–H groups in total. The predicted molar refractivity (Wildman–Crippen MR) is 49.1 cm³/mol. The summed E-state index contributed by atoms with van der Waals surface area (Å²) in [6.07, 6.45) is 0. The van der Waals surface area contributed by atoms with Crippen LogP contribution in [-0.2, 0) is 0 Å². The van der Waals surface area contributed by atoms with Gasteiger partial charge in [-0.2, -0.15) is 9.67 Å². The van der Waals surface area contributed by atoms with Gasteiger partial charge in [-0.05, 0) is 0 Å². The third-order valence-electron chi connectivity index (χ3n) is 1.22. The van der Waals surface area contributed by atoms with Gasteiger partial charge in [-0.3, -0.25) is 0 Å². The molecule has 0 aromatic carbocycles. The van der Waals surface area contributed by atoms with Crippen LogP contribution in [0.5, 0.6) is 0 Å². The van der Waals surface area contributed by atoms with E-state index in [0.29, 0.717) is 4.68 Å². The minimum atomic E-state index is -1.09. The molecule has 13 nitrogen and oxygen atoms in total. The highest BCUT2D eigenvalue weighted by Crippen LogP contribution is 2.04. The smallest absolute Gasteiger partial charge is 0.296 e. The highest BCUT2D eigenvalue weighted by Gasteiger charge is 2.17. The van der Waals surface area contributed by atoms with E-state index in [4.69, 9.17) is 11.5 Å². The number of rotatable bonds is 3. The lowest BCUT2D eigenvalue weighted by molar-refractivity contribution is -0.485. The molecule has 0 aliphatic heterocycles. The van der Waals surface area contributed by atoms with E-state index in [1.54, 1.807) is 5.43 Å². The quantitative estimate of drug-likeness (QED) is 0.224. The zero-order valence-electron chi connectivity index (χ0n) is 7.47. The van der Waals surface area contributed by atoms with Gasteiger partial charge >= 0.3 is 0 Å². The topological polar surface area (TPSA) is 193 Å². The summed E-state index contributed by atoms with van der Waals surface area (Å²) < 4.78 is 0.529. The molecule has 0 fully saturated rings. The number of nitrogens with one attached hydrogen (secondary N) is 1. The van der Waals surface area contributed by atoms with E-state index in [0.717, 1.165) is 0 Å². The SMILES string of the molecule is NC(=N[N+](=O)[O-])n1nc(N)nc1N[N+](=O)[O-]. The van der Waals surface area contributed by atoms with Crippen molar-refractivity contribution in [1.29, 1.82) is 0 Å². The standard InChI is InChI=1S/C3H5N9O4/c4-1-6-3(9-12(15)16)10(7-1)2(5)8-11(13)14/h(H2,5,8)(H3,4,6,7,9). The molecule has 0 saturated heterocycles. The largest absolute Gasteiger partial charge is 0.366 e. The summed E-state index contributed by atoms with van der Waals surface area (Å²) in [7, 11) is 0. The number of nitrogen functional groups attached to an aromatic ring is 1. The van der Waals surface area contributed by atoms with Gasteiger partial charge in [-0.15, -0.1) is 5.10 Å². The summed E-state index contributed by atoms with van der Waals surface area (Å²) in [5, 5.41) is 24.2. The zero-order valence-corrected chi connectivity index (χ0v) is 7.47. The van der Waals surface area contributed by atoms with Crippen molar-refractivity contribution in [2.45, 2.75) is 0 Å². The zero-order chi connectivity index (χ0) is 12.3. The summed E-state index contributed by atoms with van der Waals surface area (Å²) in [6, 6.07) is 0. The Hall–Kier alpha value is -2.99. The van der Waals surface area contributed by atoms with Gasteiger partial charge < -0.3 is 11.5 Å². The summed E-state index contributed by atoms with van der Waals surface area (Å²) in [4.78, 5) is 23.5. The molecular weight excluding hydrogens is 226 g/mol. The number of nitro groups is 2. The van der Waals surface area contributed by atoms with E-state index in [-0.39, 0.29) is 5.95 Å². The Balaban J connectivity index is 3.12. The molecule has 1 aromatic rings. The fourth-order valence-electron chi connectivity index (χ4n) is 0.768. The molecule has 0 radical (unpaired) electrons. The maximum atomic E-state index is 10.1. The molecule has 16 heavy (non-hydrogen) atoms. The van der Waals surface area contributed by atoms with E-state index >= 15 is 0 Å². The molecule has 0 spiro atoms. The molecule has 0 aliphatic carbocycles. The first-order chi connectivity index (χ1) is 7.40. The number of nitrogens with zero attached hydrogens (tertiary/aromatic N) is 6. The first kappa shape index (κ1) is 11.1. The van der Waals surface area contributed by atoms with Gasteiger partial charge in [0, 0.05) is 0 Å². The lowest BCUT2D eigenvalue weighted by Gasteiger charge is -1.97. The minimum absolute atomic E-state index is 0.356. The molecule has 0 aliphatic rings. The van der Waals surface area contributed by atoms with E-state index < -0.39 is 22.0 Å². The Morgan fingerprint density at radius 3 is 2.62 bits per heavy atom. The maximum Gasteiger partial charge on any atom is 0.296 e. The Labute approximate surface area is 86.0 Å². The van der Waals surface area contributed by atoms with Crippen LogP contribution in [0.25, 0.3) is 0 Å². The molecular formula is C3H5N9O4. The van der Waals surface area contributed by atoms with Crippen LogP contribution < -0.4 is 16.9 Å². The van der Waals surface area contributed by atoms with Crippen LogP contribution >= 0.6 is 0 Å². The number of aromatic nitrogens is 3. The lowest BCUT2D eigenvalue weighted by atomic mass is 10.9. The van der Waals surface area contributed by atoms with Crippen LogP contribution in [0.15, 0.2) is 5.10 Å². The molecule has 0 saturated carbocycles. The molecule has 1 aromatic heterocycles. The number of hydrazine groups is 1. The molecule has 1 rings (SSSR count). The van der Waals surface area contributed by atoms with Crippen LogP contribution in [0, 0.1) is 20.2 Å². The monoisotopic (exact) mass is 231 g/mol. The Morgan fingerprint density at radius 2 is 2.12 bits per heavy atom.